The Kier molecular flexibility index (Phi) is 5.74. The van der Waals surface area contributed by atoms with Gasteiger partial charge >= 0.3 is 0 Å². The maximum Gasteiger partial charge on any atom is 0.296 e. The molecule has 3 rings (SSSR count). The van der Waals surface area contributed by atoms with E-state index >= 15 is 0 Å². The number of nitro groups is 1. The van der Waals surface area contributed by atoms with Crippen LogP contribution in [0.5, 0.6) is 0 Å². The fourth-order valence-corrected chi connectivity index (χ4v) is 3.89. The van der Waals surface area contributed by atoms with Gasteiger partial charge in [-0.05, 0) is 43.3 Å². The number of carbonyl (C=O) groups is 2. The van der Waals surface area contributed by atoms with Crippen molar-refractivity contribution in [3.63, 3.8) is 0 Å². The maximum atomic E-state index is 12.7. The van der Waals surface area contributed by atoms with Crippen molar-refractivity contribution in [3.05, 3.63) is 94.0 Å². The Bertz CT molecular complexity index is 1220. The molecule has 0 saturated carbocycles. The highest BCUT2D eigenvalue weighted by atomic mass is 32.2. The molecule has 0 fully saturated rings. The van der Waals surface area contributed by atoms with E-state index in [4.69, 9.17) is 0 Å². The predicted octanol–water partition coefficient (Wildman–Crippen LogP) is 3.56. The van der Waals surface area contributed by atoms with Crippen LogP contribution in [0.4, 0.5) is 11.4 Å². The van der Waals surface area contributed by atoms with E-state index in [2.05, 4.69) is 5.32 Å². The van der Waals surface area contributed by atoms with E-state index in [1.165, 1.54) is 24.3 Å². The SMILES string of the molecule is Cc1ccc(C(=O)C(=O)Nc2ccc(S(=O)(=O)c3ccc([N+](=O)[O-])cc3)cc2)cc1. The highest BCUT2D eigenvalue weighted by Gasteiger charge is 2.20. The summed E-state index contributed by atoms with van der Waals surface area (Å²) in [4.78, 5) is 34.3. The van der Waals surface area contributed by atoms with Gasteiger partial charge in [0.1, 0.15) is 0 Å². The van der Waals surface area contributed by atoms with Gasteiger partial charge in [-0.25, -0.2) is 8.42 Å². The first kappa shape index (κ1) is 20.9. The van der Waals surface area contributed by atoms with E-state index in [-0.39, 0.29) is 26.7 Å². The summed E-state index contributed by atoms with van der Waals surface area (Å²) in [6, 6.07) is 16.4. The van der Waals surface area contributed by atoms with Crippen molar-refractivity contribution in [2.75, 3.05) is 5.32 Å². The minimum atomic E-state index is -3.89. The lowest BCUT2D eigenvalue weighted by atomic mass is 10.1. The molecule has 30 heavy (non-hydrogen) atoms. The van der Waals surface area contributed by atoms with Crippen LogP contribution in [0.25, 0.3) is 0 Å². The number of rotatable bonds is 6. The topological polar surface area (TPSA) is 123 Å². The third-order valence-corrected chi connectivity index (χ3v) is 6.09. The van der Waals surface area contributed by atoms with E-state index in [1.807, 2.05) is 6.92 Å². The Morgan fingerprint density at radius 2 is 1.33 bits per heavy atom. The summed E-state index contributed by atoms with van der Waals surface area (Å²) in [5.74, 6) is -1.55. The van der Waals surface area contributed by atoms with Crippen LogP contribution in [0, 0.1) is 17.0 Å². The molecule has 0 spiro atoms. The summed E-state index contributed by atoms with van der Waals surface area (Å²) < 4.78 is 25.3. The largest absolute Gasteiger partial charge is 0.319 e. The quantitative estimate of drug-likeness (QED) is 0.279. The van der Waals surface area contributed by atoms with Gasteiger partial charge in [0.15, 0.2) is 0 Å². The van der Waals surface area contributed by atoms with E-state index in [1.54, 1.807) is 24.3 Å². The second-order valence-electron chi connectivity index (χ2n) is 6.43. The van der Waals surface area contributed by atoms with Crippen molar-refractivity contribution < 1.29 is 22.9 Å². The van der Waals surface area contributed by atoms with Crippen LogP contribution in [0.3, 0.4) is 0 Å². The highest BCUT2D eigenvalue weighted by Crippen LogP contribution is 2.24. The summed E-state index contributed by atoms with van der Waals surface area (Å²) in [7, 11) is -3.89. The van der Waals surface area contributed by atoms with Crippen LogP contribution in [0.15, 0.2) is 82.6 Å². The van der Waals surface area contributed by atoms with Crippen molar-refractivity contribution >= 4 is 32.9 Å². The number of anilines is 1. The molecule has 1 N–H and O–H groups in total. The van der Waals surface area contributed by atoms with Gasteiger partial charge < -0.3 is 5.32 Å². The zero-order valence-corrected chi connectivity index (χ0v) is 16.5. The molecule has 0 aliphatic carbocycles. The number of hydrogen-bond donors (Lipinski definition) is 1. The standard InChI is InChI=1S/C21H16N2O6S/c1-14-2-4-15(5-3-14)20(24)21(25)22-16-6-10-18(11-7-16)30(28,29)19-12-8-17(9-13-19)23(26)27/h2-13H,1H3,(H,22,25). The smallest absolute Gasteiger partial charge is 0.296 e. The summed E-state index contributed by atoms with van der Waals surface area (Å²) in [5.41, 5.74) is 1.24. The lowest BCUT2D eigenvalue weighted by molar-refractivity contribution is -0.384. The normalized spacial score (nSPS) is 11.0. The Labute approximate surface area is 172 Å². The molecule has 0 bridgehead atoms. The number of nitrogens with one attached hydrogen (secondary N) is 1. The fourth-order valence-electron chi connectivity index (χ4n) is 2.62. The number of nitro benzene ring substituents is 1. The van der Waals surface area contributed by atoms with Crippen LogP contribution in [0.2, 0.25) is 0 Å². The minimum absolute atomic E-state index is 0.0563. The van der Waals surface area contributed by atoms with Crippen molar-refractivity contribution in [1.82, 2.24) is 0 Å². The summed E-state index contributed by atoms with van der Waals surface area (Å²) in [6.45, 7) is 1.86. The average molecular weight is 424 g/mol. The van der Waals surface area contributed by atoms with Crippen molar-refractivity contribution in [3.8, 4) is 0 Å². The molecule has 0 radical (unpaired) electrons. The first-order valence-electron chi connectivity index (χ1n) is 8.70. The average Bonchev–Trinajstić information content (AvgIpc) is 2.74. The van der Waals surface area contributed by atoms with Gasteiger partial charge in [0, 0.05) is 23.4 Å². The summed E-state index contributed by atoms with van der Waals surface area (Å²) in [6.07, 6.45) is 0. The fraction of sp³-hybridized carbons (Fsp3) is 0.0476. The number of ketones is 1. The Hall–Kier alpha value is -3.85. The first-order chi connectivity index (χ1) is 14.2. The molecule has 0 aliphatic heterocycles. The number of non-ortho nitro benzene ring substituents is 1. The molecule has 0 saturated heterocycles. The monoisotopic (exact) mass is 424 g/mol. The molecular weight excluding hydrogens is 408 g/mol. The second-order valence-corrected chi connectivity index (χ2v) is 8.38. The van der Waals surface area contributed by atoms with Gasteiger partial charge in [-0.1, -0.05) is 29.8 Å². The van der Waals surface area contributed by atoms with E-state index in [0.29, 0.717) is 0 Å². The lowest BCUT2D eigenvalue weighted by Crippen LogP contribution is -2.22. The molecular formula is C21H16N2O6S. The van der Waals surface area contributed by atoms with Crippen LogP contribution in [-0.2, 0) is 14.6 Å². The molecule has 0 unspecified atom stereocenters. The van der Waals surface area contributed by atoms with Gasteiger partial charge in [0.25, 0.3) is 17.4 Å². The third kappa shape index (κ3) is 4.41. The van der Waals surface area contributed by atoms with E-state index < -0.39 is 26.5 Å². The number of benzene rings is 3. The Morgan fingerprint density at radius 3 is 1.83 bits per heavy atom. The van der Waals surface area contributed by atoms with E-state index in [0.717, 1.165) is 29.8 Å². The zero-order valence-electron chi connectivity index (χ0n) is 15.7. The molecule has 8 nitrogen and oxygen atoms in total. The maximum absolute atomic E-state index is 12.7. The number of sulfone groups is 1. The van der Waals surface area contributed by atoms with Crippen molar-refractivity contribution in [2.45, 2.75) is 16.7 Å². The summed E-state index contributed by atoms with van der Waals surface area (Å²) in [5, 5.41) is 13.1. The number of Topliss-reactive ketones (excluding diaryl/α,β-unsaturated/α-hetero) is 1. The van der Waals surface area contributed by atoms with Crippen LogP contribution < -0.4 is 5.32 Å². The molecule has 0 atom stereocenters. The number of carbonyl (C=O) groups excluding carboxylic acids is 2. The minimum Gasteiger partial charge on any atom is -0.319 e. The molecule has 0 aliphatic rings. The molecule has 1 amide bonds. The lowest BCUT2D eigenvalue weighted by Gasteiger charge is -2.08. The number of amides is 1. The zero-order chi connectivity index (χ0) is 21.9. The second kappa shape index (κ2) is 8.26. The van der Waals surface area contributed by atoms with Gasteiger partial charge in [-0.3, -0.25) is 19.7 Å². The summed E-state index contributed by atoms with van der Waals surface area (Å²) >= 11 is 0. The highest BCUT2D eigenvalue weighted by molar-refractivity contribution is 7.91. The van der Waals surface area contributed by atoms with Gasteiger partial charge in [0.2, 0.25) is 9.84 Å². The number of hydrogen-bond acceptors (Lipinski definition) is 6. The molecule has 3 aromatic rings. The molecule has 0 heterocycles. The van der Waals surface area contributed by atoms with E-state index in [9.17, 15) is 28.1 Å². The third-order valence-electron chi connectivity index (χ3n) is 4.30. The Morgan fingerprint density at radius 1 is 0.833 bits per heavy atom. The molecule has 0 aromatic heterocycles. The van der Waals surface area contributed by atoms with Crippen LogP contribution >= 0.6 is 0 Å². The molecule has 152 valence electrons. The number of nitrogens with zero attached hydrogens (tertiary/aromatic N) is 1. The van der Waals surface area contributed by atoms with Crippen molar-refractivity contribution in [1.29, 1.82) is 0 Å². The van der Waals surface area contributed by atoms with Gasteiger partial charge in [-0.2, -0.15) is 0 Å². The Balaban J connectivity index is 1.75. The van der Waals surface area contributed by atoms with Crippen LogP contribution in [0.1, 0.15) is 15.9 Å². The predicted molar refractivity (Wildman–Crippen MR) is 109 cm³/mol. The van der Waals surface area contributed by atoms with Crippen LogP contribution in [-0.4, -0.2) is 25.0 Å². The van der Waals surface area contributed by atoms with Gasteiger partial charge in [0.05, 0.1) is 14.7 Å². The molecule has 3 aromatic carbocycles. The molecule has 9 heteroatoms. The van der Waals surface area contributed by atoms with Gasteiger partial charge in [-0.15, -0.1) is 0 Å². The number of aryl methyl sites for hydroxylation is 1. The van der Waals surface area contributed by atoms with Crippen molar-refractivity contribution in [2.24, 2.45) is 0 Å². The first-order valence-corrected chi connectivity index (χ1v) is 10.2.